The van der Waals surface area contributed by atoms with Crippen LogP contribution in [0.25, 0.3) is 0 Å². The number of ketones is 1. The molecule has 0 aromatic heterocycles. The van der Waals surface area contributed by atoms with E-state index in [4.69, 9.17) is 0 Å². The third-order valence-corrected chi connectivity index (χ3v) is 1.83. The Labute approximate surface area is 89.4 Å². The van der Waals surface area contributed by atoms with Crippen molar-refractivity contribution >= 4 is 5.78 Å². The molecule has 0 bridgehead atoms. The van der Waals surface area contributed by atoms with Crippen LogP contribution >= 0.6 is 0 Å². The quantitative estimate of drug-likeness (QED) is 0.432. The minimum absolute atomic E-state index is 0.314. The van der Waals surface area contributed by atoms with E-state index in [1.165, 1.54) is 6.08 Å². The molecule has 0 saturated heterocycles. The lowest BCUT2D eigenvalue weighted by Crippen LogP contribution is -2.07. The molecule has 0 atom stereocenters. The van der Waals surface area contributed by atoms with Gasteiger partial charge in [0.15, 0.2) is 5.78 Å². The van der Waals surface area contributed by atoms with Gasteiger partial charge >= 0.3 is 6.18 Å². The molecule has 0 fully saturated rings. The van der Waals surface area contributed by atoms with Crippen molar-refractivity contribution in [1.82, 2.24) is 0 Å². The normalized spacial score (nSPS) is 12.1. The molecular weight excluding hydrogens is 224 g/mol. The Kier molecular flexibility index (Phi) is 3.47. The minimum atomic E-state index is -4.66. The maximum atomic E-state index is 12.9. The van der Waals surface area contributed by atoms with Gasteiger partial charge in [0.05, 0.1) is 5.56 Å². The molecule has 1 rings (SSSR count). The average molecular weight is 232 g/mol. The van der Waals surface area contributed by atoms with E-state index in [9.17, 15) is 22.4 Å². The Bertz CT molecular complexity index is 432. The summed E-state index contributed by atoms with van der Waals surface area (Å²) in [5.74, 6) is -1.74. The molecule has 0 aliphatic heterocycles. The van der Waals surface area contributed by atoms with Crippen LogP contribution < -0.4 is 0 Å². The summed E-state index contributed by atoms with van der Waals surface area (Å²) in [5, 5.41) is 0. The molecule has 16 heavy (non-hydrogen) atoms. The van der Waals surface area contributed by atoms with Gasteiger partial charge in [-0.3, -0.25) is 4.79 Å². The first-order valence-electron chi connectivity index (χ1n) is 4.39. The lowest BCUT2D eigenvalue weighted by Gasteiger charge is -2.07. The van der Waals surface area contributed by atoms with Crippen LogP contribution in [-0.4, -0.2) is 5.78 Å². The summed E-state index contributed by atoms with van der Waals surface area (Å²) in [7, 11) is 0. The lowest BCUT2D eigenvalue weighted by atomic mass is 10.1. The maximum Gasteiger partial charge on any atom is 0.416 e. The van der Waals surface area contributed by atoms with Crippen LogP contribution in [-0.2, 0) is 6.18 Å². The Morgan fingerprint density at radius 2 is 1.88 bits per heavy atom. The zero-order chi connectivity index (χ0) is 12.3. The third-order valence-electron chi connectivity index (χ3n) is 1.83. The van der Waals surface area contributed by atoms with Crippen LogP contribution in [0.1, 0.15) is 22.8 Å². The predicted octanol–water partition coefficient (Wildman–Crippen LogP) is 3.60. The van der Waals surface area contributed by atoms with Crippen molar-refractivity contribution in [3.05, 3.63) is 47.3 Å². The zero-order valence-electron chi connectivity index (χ0n) is 8.31. The van der Waals surface area contributed by atoms with Crippen molar-refractivity contribution in [2.45, 2.75) is 13.1 Å². The Balaban J connectivity index is 3.23. The molecule has 0 radical (unpaired) electrons. The van der Waals surface area contributed by atoms with Gasteiger partial charge in [-0.05, 0) is 31.2 Å². The van der Waals surface area contributed by atoms with Crippen molar-refractivity contribution in [2.75, 3.05) is 0 Å². The number of hydrogen-bond donors (Lipinski definition) is 0. The maximum absolute atomic E-state index is 12.9. The number of carbonyl (C=O) groups excluding carboxylic acids is 1. The fourth-order valence-electron chi connectivity index (χ4n) is 1.14. The molecular formula is C11H8F4O. The number of rotatable bonds is 2. The van der Waals surface area contributed by atoms with Crippen molar-refractivity contribution in [3.63, 3.8) is 0 Å². The van der Waals surface area contributed by atoms with E-state index >= 15 is 0 Å². The summed E-state index contributed by atoms with van der Waals surface area (Å²) in [5.41, 5.74) is -1.48. The Morgan fingerprint density at radius 1 is 1.25 bits per heavy atom. The fraction of sp³-hybridized carbons (Fsp3) is 0.182. The van der Waals surface area contributed by atoms with Crippen molar-refractivity contribution < 1.29 is 22.4 Å². The molecule has 0 aliphatic carbocycles. The van der Waals surface area contributed by atoms with E-state index < -0.39 is 23.3 Å². The average Bonchev–Trinajstić information content (AvgIpc) is 2.16. The number of halogens is 4. The molecule has 0 unspecified atom stereocenters. The molecule has 0 aliphatic rings. The summed E-state index contributed by atoms with van der Waals surface area (Å²) >= 11 is 0. The van der Waals surface area contributed by atoms with E-state index in [-0.39, 0.29) is 5.56 Å². The van der Waals surface area contributed by atoms with Gasteiger partial charge < -0.3 is 0 Å². The monoisotopic (exact) mass is 232 g/mol. The highest BCUT2D eigenvalue weighted by molar-refractivity contribution is 6.04. The van der Waals surface area contributed by atoms with Gasteiger partial charge in [0.25, 0.3) is 0 Å². The predicted molar refractivity (Wildman–Crippen MR) is 50.5 cm³/mol. The van der Waals surface area contributed by atoms with Crippen molar-refractivity contribution in [2.24, 2.45) is 0 Å². The second kappa shape index (κ2) is 4.47. The van der Waals surface area contributed by atoms with Gasteiger partial charge in [-0.1, -0.05) is 6.08 Å². The van der Waals surface area contributed by atoms with Gasteiger partial charge in [-0.15, -0.1) is 0 Å². The molecule has 86 valence electrons. The highest BCUT2D eigenvalue weighted by Crippen LogP contribution is 2.30. The van der Waals surface area contributed by atoms with Crippen LogP contribution in [0.4, 0.5) is 17.6 Å². The highest BCUT2D eigenvalue weighted by Gasteiger charge is 2.31. The fourth-order valence-corrected chi connectivity index (χ4v) is 1.14. The largest absolute Gasteiger partial charge is 0.416 e. The van der Waals surface area contributed by atoms with E-state index in [1.807, 2.05) is 0 Å². The number of benzene rings is 1. The van der Waals surface area contributed by atoms with Crippen LogP contribution in [0.15, 0.2) is 30.4 Å². The molecule has 5 heteroatoms. The first kappa shape index (κ1) is 12.4. The smallest absolute Gasteiger partial charge is 0.289 e. The highest BCUT2D eigenvalue weighted by atomic mass is 19.4. The molecule has 0 heterocycles. The SMILES string of the molecule is CC=CC(=O)c1cc(F)cc(C(F)(F)F)c1. The lowest BCUT2D eigenvalue weighted by molar-refractivity contribution is -0.137. The Hall–Kier alpha value is -1.65. The van der Waals surface area contributed by atoms with Gasteiger partial charge in [-0.25, -0.2) is 4.39 Å². The molecule has 0 N–H and O–H groups in total. The van der Waals surface area contributed by atoms with Crippen molar-refractivity contribution in [3.8, 4) is 0 Å². The molecule has 1 aromatic rings. The first-order chi connectivity index (χ1) is 7.34. The van der Waals surface area contributed by atoms with Crippen LogP contribution in [0.3, 0.4) is 0 Å². The summed E-state index contributed by atoms with van der Waals surface area (Å²) in [6.07, 6.45) is -2.21. The van der Waals surface area contributed by atoms with Gasteiger partial charge in [0.2, 0.25) is 0 Å². The van der Waals surface area contributed by atoms with Crippen LogP contribution in [0.2, 0.25) is 0 Å². The van der Waals surface area contributed by atoms with E-state index in [1.54, 1.807) is 6.92 Å². The van der Waals surface area contributed by atoms with Crippen LogP contribution in [0.5, 0.6) is 0 Å². The van der Waals surface area contributed by atoms with Crippen LogP contribution in [0, 0.1) is 5.82 Å². The summed E-state index contributed by atoms with van der Waals surface area (Å²) in [4.78, 5) is 11.3. The molecule has 0 amide bonds. The molecule has 1 nitrogen and oxygen atoms in total. The topological polar surface area (TPSA) is 17.1 Å². The number of hydrogen-bond acceptors (Lipinski definition) is 1. The van der Waals surface area contributed by atoms with E-state index in [2.05, 4.69) is 0 Å². The summed E-state index contributed by atoms with van der Waals surface area (Å²) < 4.78 is 49.8. The molecule has 0 spiro atoms. The van der Waals surface area contributed by atoms with Gasteiger partial charge in [0, 0.05) is 5.56 Å². The molecule has 1 aromatic carbocycles. The second-order valence-electron chi connectivity index (χ2n) is 3.09. The third kappa shape index (κ3) is 2.92. The number of allylic oxidation sites excluding steroid dienone is 2. The summed E-state index contributed by atoms with van der Waals surface area (Å²) in [6, 6.07) is 1.76. The number of alkyl halides is 3. The molecule has 0 saturated carbocycles. The van der Waals surface area contributed by atoms with E-state index in [0.29, 0.717) is 12.1 Å². The summed E-state index contributed by atoms with van der Waals surface area (Å²) in [6.45, 7) is 1.54. The van der Waals surface area contributed by atoms with Crippen molar-refractivity contribution in [1.29, 1.82) is 0 Å². The van der Waals surface area contributed by atoms with Gasteiger partial charge in [0.1, 0.15) is 5.82 Å². The minimum Gasteiger partial charge on any atom is -0.289 e. The number of carbonyl (C=O) groups is 1. The standard InChI is InChI=1S/C11H8F4O/c1-2-3-10(16)7-4-8(11(13,14)15)6-9(12)5-7/h2-6H,1H3. The second-order valence-corrected chi connectivity index (χ2v) is 3.09. The zero-order valence-corrected chi connectivity index (χ0v) is 8.31. The van der Waals surface area contributed by atoms with E-state index in [0.717, 1.165) is 12.1 Å². The van der Waals surface area contributed by atoms with Gasteiger partial charge in [-0.2, -0.15) is 13.2 Å². The Morgan fingerprint density at radius 3 is 2.38 bits per heavy atom. The first-order valence-corrected chi connectivity index (χ1v) is 4.39.